The zero-order valence-electron chi connectivity index (χ0n) is 22.8. The Balaban J connectivity index is 1.10. The second-order valence-corrected chi connectivity index (χ2v) is 11.5. The molecule has 0 atom stereocenters. The number of carbonyl (C=O) groups is 2. The maximum absolute atomic E-state index is 12.6. The Morgan fingerprint density at radius 1 is 0.977 bits per heavy atom. The lowest BCUT2D eigenvalue weighted by Gasteiger charge is -2.09. The SMILES string of the molecule is Cc1ccc(NC(=O)COc2ccc(/C=N\NC(=O)c3ccc(-c4csc(Nc5ccc(Cl)cc5)n4)cc3)cc2Br)cc1. The predicted molar refractivity (Wildman–Crippen MR) is 177 cm³/mol. The molecule has 11 heteroatoms. The number of nitrogens with one attached hydrogen (secondary N) is 3. The third-order valence-corrected chi connectivity index (χ3v) is 7.70. The summed E-state index contributed by atoms with van der Waals surface area (Å²) < 4.78 is 6.29. The monoisotopic (exact) mass is 673 g/mol. The molecule has 0 spiro atoms. The molecule has 0 aliphatic carbocycles. The summed E-state index contributed by atoms with van der Waals surface area (Å²) in [5.41, 5.74) is 8.14. The van der Waals surface area contributed by atoms with Crippen LogP contribution in [0.3, 0.4) is 0 Å². The Kier molecular flexibility index (Phi) is 9.83. The molecule has 43 heavy (non-hydrogen) atoms. The van der Waals surface area contributed by atoms with Crippen molar-refractivity contribution in [2.45, 2.75) is 6.92 Å². The summed E-state index contributed by atoms with van der Waals surface area (Å²) in [5, 5.41) is 13.5. The molecule has 2 amide bonds. The molecule has 1 heterocycles. The fourth-order valence-electron chi connectivity index (χ4n) is 3.83. The van der Waals surface area contributed by atoms with E-state index < -0.39 is 0 Å². The highest BCUT2D eigenvalue weighted by molar-refractivity contribution is 9.10. The van der Waals surface area contributed by atoms with Crippen molar-refractivity contribution in [1.82, 2.24) is 10.4 Å². The molecule has 8 nitrogen and oxygen atoms in total. The summed E-state index contributed by atoms with van der Waals surface area (Å²) in [6, 6.07) is 27.3. The van der Waals surface area contributed by atoms with Gasteiger partial charge in [-0.3, -0.25) is 9.59 Å². The standard InChI is InChI=1S/C32H25BrClN5O3S/c1-20-2-11-25(12-3-20)36-30(40)18-42-29-15-4-21(16-27(29)33)17-35-39-31(41)23-7-5-22(6-8-23)28-19-43-32(38-28)37-26-13-9-24(34)10-14-26/h2-17,19H,18H2,1H3,(H,36,40)(H,37,38)(H,39,41)/b35-17-. The van der Waals surface area contributed by atoms with Crippen molar-refractivity contribution in [3.05, 3.63) is 123 Å². The van der Waals surface area contributed by atoms with E-state index in [-0.39, 0.29) is 18.4 Å². The molecule has 3 N–H and O–H groups in total. The smallest absolute Gasteiger partial charge is 0.271 e. The van der Waals surface area contributed by atoms with Crippen molar-refractivity contribution in [2.24, 2.45) is 5.10 Å². The van der Waals surface area contributed by atoms with E-state index in [1.165, 1.54) is 17.6 Å². The first-order chi connectivity index (χ1) is 20.8. The third kappa shape index (κ3) is 8.51. The summed E-state index contributed by atoms with van der Waals surface area (Å²) in [7, 11) is 0. The van der Waals surface area contributed by atoms with Crippen LogP contribution in [-0.2, 0) is 4.79 Å². The highest BCUT2D eigenvalue weighted by atomic mass is 79.9. The Morgan fingerprint density at radius 2 is 1.70 bits per heavy atom. The van der Waals surface area contributed by atoms with E-state index in [9.17, 15) is 9.59 Å². The fraction of sp³-hybridized carbons (Fsp3) is 0.0625. The highest BCUT2D eigenvalue weighted by Gasteiger charge is 2.10. The van der Waals surface area contributed by atoms with Crippen LogP contribution in [0.4, 0.5) is 16.5 Å². The molecular weight excluding hydrogens is 650 g/mol. The minimum Gasteiger partial charge on any atom is -0.483 e. The summed E-state index contributed by atoms with van der Waals surface area (Å²) in [4.78, 5) is 29.4. The number of hydrogen-bond acceptors (Lipinski definition) is 7. The zero-order chi connectivity index (χ0) is 30.2. The van der Waals surface area contributed by atoms with Gasteiger partial charge in [-0.25, -0.2) is 10.4 Å². The minimum atomic E-state index is -0.343. The van der Waals surface area contributed by atoms with Crippen LogP contribution in [0.2, 0.25) is 5.02 Å². The number of carbonyl (C=O) groups excluding carboxylic acids is 2. The molecule has 0 aliphatic rings. The molecule has 5 rings (SSSR count). The van der Waals surface area contributed by atoms with Gasteiger partial charge in [0.15, 0.2) is 11.7 Å². The molecule has 4 aromatic carbocycles. The number of hydrogen-bond donors (Lipinski definition) is 3. The lowest BCUT2D eigenvalue weighted by atomic mass is 10.1. The quantitative estimate of drug-likeness (QED) is 0.103. The molecule has 0 radical (unpaired) electrons. The second-order valence-electron chi connectivity index (χ2n) is 9.34. The predicted octanol–water partition coefficient (Wildman–Crippen LogP) is 8.06. The first-order valence-electron chi connectivity index (χ1n) is 13.0. The van der Waals surface area contributed by atoms with Gasteiger partial charge in [-0.2, -0.15) is 5.10 Å². The molecule has 0 saturated carbocycles. The van der Waals surface area contributed by atoms with Crippen molar-refractivity contribution in [3.63, 3.8) is 0 Å². The van der Waals surface area contributed by atoms with E-state index in [1.54, 1.807) is 30.3 Å². The summed E-state index contributed by atoms with van der Waals surface area (Å²) in [6.45, 7) is 1.84. The molecule has 0 unspecified atom stereocenters. The van der Waals surface area contributed by atoms with E-state index in [4.69, 9.17) is 16.3 Å². The van der Waals surface area contributed by atoms with Crippen LogP contribution < -0.4 is 20.8 Å². The van der Waals surface area contributed by atoms with Gasteiger partial charge in [0.25, 0.3) is 11.8 Å². The second kappa shape index (κ2) is 14.1. The van der Waals surface area contributed by atoms with E-state index in [0.717, 1.165) is 33.2 Å². The number of benzene rings is 4. The number of halogens is 2. The van der Waals surface area contributed by atoms with E-state index >= 15 is 0 Å². The van der Waals surface area contributed by atoms with Crippen LogP contribution in [0.5, 0.6) is 5.75 Å². The van der Waals surface area contributed by atoms with E-state index in [1.807, 2.05) is 73.0 Å². The lowest BCUT2D eigenvalue weighted by molar-refractivity contribution is -0.118. The first kappa shape index (κ1) is 30.0. The minimum absolute atomic E-state index is 0.140. The number of amides is 2. The van der Waals surface area contributed by atoms with Crippen molar-refractivity contribution < 1.29 is 14.3 Å². The van der Waals surface area contributed by atoms with Crippen molar-refractivity contribution >= 4 is 73.4 Å². The Bertz CT molecular complexity index is 1760. The van der Waals surface area contributed by atoms with Gasteiger partial charge < -0.3 is 15.4 Å². The molecule has 216 valence electrons. The van der Waals surface area contributed by atoms with Gasteiger partial charge in [-0.15, -0.1) is 11.3 Å². The highest BCUT2D eigenvalue weighted by Crippen LogP contribution is 2.28. The van der Waals surface area contributed by atoms with Crippen LogP contribution in [-0.4, -0.2) is 29.6 Å². The Hall–Kier alpha value is -4.51. The molecule has 0 bridgehead atoms. The fourth-order valence-corrected chi connectivity index (χ4v) is 5.21. The lowest BCUT2D eigenvalue weighted by Crippen LogP contribution is -2.20. The zero-order valence-corrected chi connectivity index (χ0v) is 26.0. The van der Waals surface area contributed by atoms with Crippen LogP contribution in [0.15, 0.2) is 106 Å². The van der Waals surface area contributed by atoms with Crippen molar-refractivity contribution in [3.8, 4) is 17.0 Å². The van der Waals surface area contributed by atoms with E-state index in [2.05, 4.69) is 42.1 Å². The maximum Gasteiger partial charge on any atom is 0.271 e. The summed E-state index contributed by atoms with van der Waals surface area (Å²) >= 11 is 10.9. The molecule has 5 aromatic rings. The largest absolute Gasteiger partial charge is 0.483 e. The first-order valence-corrected chi connectivity index (χ1v) is 15.1. The number of ether oxygens (including phenoxy) is 1. The van der Waals surface area contributed by atoms with Crippen molar-refractivity contribution in [1.29, 1.82) is 0 Å². The molecule has 0 fully saturated rings. The van der Waals surface area contributed by atoms with Gasteiger partial charge in [0.1, 0.15) is 5.75 Å². The van der Waals surface area contributed by atoms with Gasteiger partial charge >= 0.3 is 0 Å². The number of thiazole rings is 1. The Morgan fingerprint density at radius 3 is 2.42 bits per heavy atom. The van der Waals surface area contributed by atoms with Crippen LogP contribution >= 0.6 is 38.9 Å². The van der Waals surface area contributed by atoms with Crippen LogP contribution in [0.1, 0.15) is 21.5 Å². The van der Waals surface area contributed by atoms with Crippen molar-refractivity contribution in [2.75, 3.05) is 17.2 Å². The molecule has 0 aliphatic heterocycles. The van der Waals surface area contributed by atoms with Crippen LogP contribution in [0.25, 0.3) is 11.3 Å². The van der Waals surface area contributed by atoms with Gasteiger partial charge in [0.05, 0.1) is 16.4 Å². The average Bonchev–Trinajstić information content (AvgIpc) is 3.47. The number of hydrazone groups is 1. The topological polar surface area (TPSA) is 105 Å². The molecule has 1 aromatic heterocycles. The normalized spacial score (nSPS) is 10.9. The van der Waals surface area contributed by atoms with Gasteiger partial charge in [0.2, 0.25) is 0 Å². The number of aryl methyl sites for hydroxylation is 1. The van der Waals surface area contributed by atoms with Crippen LogP contribution in [0, 0.1) is 6.92 Å². The number of anilines is 3. The number of rotatable bonds is 10. The van der Waals surface area contributed by atoms with Gasteiger partial charge in [0, 0.05) is 32.9 Å². The number of aromatic nitrogens is 1. The summed E-state index contributed by atoms with van der Waals surface area (Å²) in [6.07, 6.45) is 1.52. The van der Waals surface area contributed by atoms with Gasteiger partial charge in [-0.1, -0.05) is 41.4 Å². The Labute approximate surface area is 265 Å². The number of nitrogens with zero attached hydrogens (tertiary/aromatic N) is 2. The van der Waals surface area contributed by atoms with E-state index in [0.29, 0.717) is 26.5 Å². The molecule has 0 saturated heterocycles. The molecular formula is C32H25BrClN5O3S. The maximum atomic E-state index is 12.6. The summed E-state index contributed by atoms with van der Waals surface area (Å²) in [5.74, 6) is -0.0993. The average molecular weight is 675 g/mol. The van der Waals surface area contributed by atoms with Gasteiger partial charge in [-0.05, 0) is 95.1 Å². The third-order valence-electron chi connectivity index (χ3n) is 6.07.